The van der Waals surface area contributed by atoms with E-state index in [1.165, 1.54) is 0 Å². The van der Waals surface area contributed by atoms with E-state index < -0.39 is 15.6 Å². The Labute approximate surface area is 117 Å². The molecule has 0 N–H and O–H groups in total. The highest BCUT2D eigenvalue weighted by Gasteiger charge is 2.31. The van der Waals surface area contributed by atoms with E-state index in [1.54, 1.807) is 31.2 Å². The van der Waals surface area contributed by atoms with Crippen molar-refractivity contribution in [3.63, 3.8) is 0 Å². The maximum atomic E-state index is 12.0. The van der Waals surface area contributed by atoms with Crippen molar-refractivity contribution in [3.05, 3.63) is 35.9 Å². The number of carbonyl (C=O) groups is 2. The molecular weight excluding hydrogens is 352 g/mol. The van der Waals surface area contributed by atoms with Gasteiger partial charge in [-0.3, -0.25) is 9.59 Å². The van der Waals surface area contributed by atoms with Gasteiger partial charge in [-0.25, -0.2) is 0 Å². The van der Waals surface area contributed by atoms with Crippen LogP contribution in [0.25, 0.3) is 0 Å². The summed E-state index contributed by atoms with van der Waals surface area (Å²) in [7, 11) is 0. The maximum absolute atomic E-state index is 12.0. The summed E-state index contributed by atoms with van der Waals surface area (Å²) in [5.41, 5.74) is 0.558. The fraction of sp³-hybridized carbons (Fsp3) is 0.333. The number of benzene rings is 1. The largest absolute Gasteiger partial charge is 0.465 e. The number of Topliss-reactive ketones (excluding diaryl/α,β-unsaturated/α-hetero) is 1. The summed E-state index contributed by atoms with van der Waals surface area (Å²) in [6.45, 7) is 2.01. The van der Waals surface area contributed by atoms with Gasteiger partial charge in [0.05, 0.1) is 6.61 Å². The van der Waals surface area contributed by atoms with Crippen molar-refractivity contribution in [3.8, 4) is 0 Å². The second-order valence-electron chi connectivity index (χ2n) is 3.29. The SMILES string of the molecule is CCOC(=O)[C@H](Br)[C@@H](Br)C(=O)c1ccccc1. The van der Waals surface area contributed by atoms with Gasteiger partial charge < -0.3 is 4.74 Å². The van der Waals surface area contributed by atoms with E-state index in [1.807, 2.05) is 6.07 Å². The van der Waals surface area contributed by atoms with Crippen LogP contribution in [0.4, 0.5) is 0 Å². The van der Waals surface area contributed by atoms with Gasteiger partial charge in [0.1, 0.15) is 9.65 Å². The number of hydrogen-bond donors (Lipinski definition) is 0. The van der Waals surface area contributed by atoms with Gasteiger partial charge in [-0.05, 0) is 6.92 Å². The second kappa shape index (κ2) is 6.91. The fourth-order valence-corrected chi connectivity index (χ4v) is 2.09. The van der Waals surface area contributed by atoms with Crippen LogP contribution in [0.15, 0.2) is 30.3 Å². The van der Waals surface area contributed by atoms with E-state index in [0.29, 0.717) is 12.2 Å². The molecule has 0 spiro atoms. The van der Waals surface area contributed by atoms with Crippen LogP contribution in [-0.2, 0) is 9.53 Å². The number of alkyl halides is 2. The summed E-state index contributed by atoms with van der Waals surface area (Å²) >= 11 is 6.38. The summed E-state index contributed by atoms with van der Waals surface area (Å²) in [5.74, 6) is -0.598. The molecule has 0 aliphatic rings. The fourth-order valence-electron chi connectivity index (χ4n) is 1.24. The molecule has 17 heavy (non-hydrogen) atoms. The van der Waals surface area contributed by atoms with Crippen molar-refractivity contribution in [1.29, 1.82) is 0 Å². The highest BCUT2D eigenvalue weighted by atomic mass is 79.9. The van der Waals surface area contributed by atoms with Crippen molar-refractivity contribution in [1.82, 2.24) is 0 Å². The van der Waals surface area contributed by atoms with Crippen molar-refractivity contribution in [2.45, 2.75) is 16.6 Å². The Morgan fingerprint density at radius 1 is 1.18 bits per heavy atom. The Balaban J connectivity index is 2.73. The topological polar surface area (TPSA) is 43.4 Å². The molecule has 0 aliphatic heterocycles. The van der Waals surface area contributed by atoms with Crippen molar-refractivity contribution >= 4 is 43.6 Å². The van der Waals surface area contributed by atoms with Crippen LogP contribution < -0.4 is 0 Å². The van der Waals surface area contributed by atoms with E-state index in [9.17, 15) is 9.59 Å². The molecule has 3 nitrogen and oxygen atoms in total. The molecule has 2 atom stereocenters. The Morgan fingerprint density at radius 2 is 1.76 bits per heavy atom. The molecule has 1 aromatic carbocycles. The van der Waals surface area contributed by atoms with E-state index >= 15 is 0 Å². The first-order valence-corrected chi connectivity index (χ1v) is 6.95. The monoisotopic (exact) mass is 362 g/mol. The average Bonchev–Trinajstić information content (AvgIpc) is 2.37. The van der Waals surface area contributed by atoms with Crippen LogP contribution in [0.3, 0.4) is 0 Å². The molecule has 0 aliphatic carbocycles. The summed E-state index contributed by atoms with van der Waals surface area (Å²) < 4.78 is 4.84. The standard InChI is InChI=1S/C12H12Br2O3/c1-2-17-12(16)10(14)9(13)11(15)8-6-4-3-5-7-8/h3-7,9-10H,2H2,1H3/t9-,10-/m1/s1. The van der Waals surface area contributed by atoms with E-state index in [0.717, 1.165) is 0 Å². The molecule has 0 heterocycles. The molecule has 0 saturated carbocycles. The molecule has 0 aromatic heterocycles. The predicted molar refractivity (Wildman–Crippen MR) is 72.8 cm³/mol. The third-order valence-corrected chi connectivity index (χ3v) is 4.63. The molecule has 1 aromatic rings. The lowest BCUT2D eigenvalue weighted by Gasteiger charge is -2.14. The molecule has 0 bridgehead atoms. The van der Waals surface area contributed by atoms with Crippen LogP contribution in [0.5, 0.6) is 0 Å². The zero-order valence-electron chi connectivity index (χ0n) is 9.23. The van der Waals surface area contributed by atoms with Gasteiger partial charge in [0.25, 0.3) is 0 Å². The van der Waals surface area contributed by atoms with E-state index in [4.69, 9.17) is 4.74 Å². The molecule has 0 radical (unpaired) electrons. The average molecular weight is 364 g/mol. The van der Waals surface area contributed by atoms with Crippen molar-refractivity contribution < 1.29 is 14.3 Å². The molecule has 1 rings (SSSR count). The Hall–Kier alpha value is -0.680. The minimum Gasteiger partial charge on any atom is -0.465 e. The third kappa shape index (κ3) is 3.92. The minimum absolute atomic E-state index is 0.152. The van der Waals surface area contributed by atoms with Crippen LogP contribution in [-0.4, -0.2) is 28.0 Å². The highest BCUT2D eigenvalue weighted by molar-refractivity contribution is 9.12. The lowest BCUT2D eigenvalue weighted by Crippen LogP contribution is -2.32. The second-order valence-corrected chi connectivity index (χ2v) is 5.26. The zero-order chi connectivity index (χ0) is 12.8. The number of rotatable bonds is 5. The Kier molecular flexibility index (Phi) is 5.85. The van der Waals surface area contributed by atoms with Gasteiger partial charge in [-0.1, -0.05) is 62.2 Å². The number of esters is 1. The van der Waals surface area contributed by atoms with Crippen LogP contribution in [0, 0.1) is 0 Å². The first-order chi connectivity index (χ1) is 8.07. The summed E-state index contributed by atoms with van der Waals surface area (Å²) in [6.07, 6.45) is 0. The lowest BCUT2D eigenvalue weighted by molar-refractivity contribution is -0.142. The van der Waals surface area contributed by atoms with Gasteiger partial charge in [0.2, 0.25) is 0 Å². The summed E-state index contributed by atoms with van der Waals surface area (Å²) in [6, 6.07) is 8.81. The molecule has 0 unspecified atom stereocenters. The van der Waals surface area contributed by atoms with Gasteiger partial charge in [-0.15, -0.1) is 0 Å². The number of carbonyl (C=O) groups excluding carboxylic acids is 2. The van der Waals surface area contributed by atoms with Gasteiger partial charge >= 0.3 is 5.97 Å². The molecule has 92 valence electrons. The van der Waals surface area contributed by atoms with Crippen LogP contribution in [0.1, 0.15) is 17.3 Å². The number of hydrogen-bond acceptors (Lipinski definition) is 3. The summed E-state index contributed by atoms with van der Waals surface area (Å²) in [4.78, 5) is 22.2. The van der Waals surface area contributed by atoms with E-state index in [2.05, 4.69) is 31.9 Å². The zero-order valence-corrected chi connectivity index (χ0v) is 12.4. The van der Waals surface area contributed by atoms with Crippen molar-refractivity contribution in [2.75, 3.05) is 6.61 Å². The van der Waals surface area contributed by atoms with Crippen LogP contribution >= 0.6 is 31.9 Å². The maximum Gasteiger partial charge on any atom is 0.321 e. The first-order valence-electron chi connectivity index (χ1n) is 5.12. The van der Waals surface area contributed by atoms with E-state index in [-0.39, 0.29) is 5.78 Å². The predicted octanol–water partition coefficient (Wildman–Crippen LogP) is 2.96. The minimum atomic E-state index is -0.685. The van der Waals surface area contributed by atoms with Gasteiger partial charge in [0.15, 0.2) is 5.78 Å². The third-order valence-electron chi connectivity index (χ3n) is 2.08. The Bertz CT molecular complexity index is 392. The van der Waals surface area contributed by atoms with Gasteiger partial charge in [-0.2, -0.15) is 0 Å². The van der Waals surface area contributed by atoms with Crippen molar-refractivity contribution in [2.24, 2.45) is 0 Å². The molecular formula is C12H12Br2O3. The quantitative estimate of drug-likeness (QED) is 0.459. The lowest BCUT2D eigenvalue weighted by atomic mass is 10.1. The number of ketones is 1. The smallest absolute Gasteiger partial charge is 0.321 e. The summed E-state index contributed by atoms with van der Waals surface area (Å²) in [5, 5.41) is 0. The molecule has 5 heteroatoms. The first kappa shape index (κ1) is 14.4. The van der Waals surface area contributed by atoms with Gasteiger partial charge in [0, 0.05) is 5.56 Å². The molecule has 0 fully saturated rings. The van der Waals surface area contributed by atoms with Crippen LogP contribution in [0.2, 0.25) is 0 Å². The highest BCUT2D eigenvalue weighted by Crippen LogP contribution is 2.20. The number of halogens is 2. The number of ether oxygens (including phenoxy) is 1. The molecule has 0 saturated heterocycles. The Morgan fingerprint density at radius 3 is 2.29 bits per heavy atom. The molecule has 0 amide bonds. The normalized spacial score (nSPS) is 13.8.